The first-order valence-electron chi connectivity index (χ1n) is 16.4. The molecule has 0 aliphatic heterocycles. The zero-order valence-corrected chi connectivity index (χ0v) is 26.6. The van der Waals surface area contributed by atoms with Gasteiger partial charge in [-0.2, -0.15) is 13.2 Å². The van der Waals surface area contributed by atoms with Gasteiger partial charge in [0.2, 0.25) is 5.78 Å². The van der Waals surface area contributed by atoms with Crippen LogP contribution in [0.1, 0.15) is 78.4 Å². The average Bonchev–Trinajstić information content (AvgIpc) is 3.78. The topological polar surface area (TPSA) is 165 Å². The smallest absolute Gasteiger partial charge is 0.417 e. The lowest BCUT2D eigenvalue weighted by Crippen LogP contribution is -2.63. The molecule has 47 heavy (non-hydrogen) atoms. The van der Waals surface area contributed by atoms with Crippen LogP contribution >= 0.6 is 0 Å². The third-order valence-electron chi connectivity index (χ3n) is 10.9. The lowest BCUT2D eigenvalue weighted by molar-refractivity contribution is -0.148. The Bertz CT molecular complexity index is 1570. The van der Waals surface area contributed by atoms with Gasteiger partial charge in [0, 0.05) is 31.1 Å². The summed E-state index contributed by atoms with van der Waals surface area (Å²) in [6.07, 6.45) is 1.83. The van der Waals surface area contributed by atoms with Gasteiger partial charge < -0.3 is 26.2 Å². The Morgan fingerprint density at radius 3 is 2.19 bits per heavy atom. The molecule has 6 N–H and O–H groups in total. The number of rotatable bonds is 8. The van der Waals surface area contributed by atoms with Gasteiger partial charge in [0.25, 0.3) is 5.91 Å². The number of aliphatic hydroxyl groups excluding tert-OH is 2. The summed E-state index contributed by atoms with van der Waals surface area (Å²) >= 11 is 0. The Morgan fingerprint density at radius 1 is 1.02 bits per heavy atom. The molecule has 0 radical (unpaired) electrons. The molecule has 2 fully saturated rings. The van der Waals surface area contributed by atoms with Crippen molar-refractivity contribution in [2.24, 2.45) is 29.4 Å². The molecule has 0 aromatic heterocycles. The molecule has 5 aliphatic carbocycles. The molecule has 256 valence electrons. The van der Waals surface area contributed by atoms with Crippen LogP contribution in [0.5, 0.6) is 5.75 Å². The van der Waals surface area contributed by atoms with E-state index in [-0.39, 0.29) is 18.5 Å². The molecule has 13 heteroatoms. The van der Waals surface area contributed by atoms with E-state index in [1.807, 2.05) is 4.90 Å². The monoisotopic (exact) mass is 661 g/mol. The molecule has 5 aliphatic rings. The van der Waals surface area contributed by atoms with Crippen molar-refractivity contribution >= 4 is 17.5 Å². The fourth-order valence-corrected chi connectivity index (χ4v) is 8.71. The van der Waals surface area contributed by atoms with Crippen LogP contribution < -0.4 is 5.73 Å². The quantitative estimate of drug-likeness (QED) is 0.260. The van der Waals surface area contributed by atoms with E-state index in [0.717, 1.165) is 51.0 Å². The molecular weight excluding hydrogens is 619 g/mol. The number of phenols is 1. The third kappa shape index (κ3) is 5.63. The number of allylic oxidation sites excluding steroid dienone is 1. The van der Waals surface area contributed by atoms with Crippen molar-refractivity contribution in [3.63, 3.8) is 0 Å². The van der Waals surface area contributed by atoms with Gasteiger partial charge in [-0.15, -0.1) is 0 Å². The van der Waals surface area contributed by atoms with Crippen LogP contribution in [0.4, 0.5) is 13.2 Å². The maximum Gasteiger partial charge on any atom is 0.417 e. The highest BCUT2D eigenvalue weighted by Gasteiger charge is 2.63. The number of primary amides is 1. The summed E-state index contributed by atoms with van der Waals surface area (Å²) < 4.78 is 45.2. The van der Waals surface area contributed by atoms with Gasteiger partial charge in [-0.05, 0) is 87.6 Å². The molecule has 0 bridgehead atoms. The number of carbonyl (C=O) groups excluding carboxylic acids is 3. The zero-order valence-electron chi connectivity index (χ0n) is 26.6. The van der Waals surface area contributed by atoms with E-state index in [1.165, 1.54) is 19.0 Å². The SMILES string of the molecule is CN(C)[C@@H]1C(O)=C(C(N)=O)C(=O)[C@@]2(O)C(O)=C3C(=O)c4c(O)cc(CN(CC5CCCCC5)CC5CC5)c(C(F)(F)F)c4C[C@H]3C[C@@H]12. The number of halogens is 3. The Labute approximate surface area is 270 Å². The van der Waals surface area contributed by atoms with E-state index in [0.29, 0.717) is 24.9 Å². The molecule has 0 unspecified atom stereocenters. The van der Waals surface area contributed by atoms with E-state index in [4.69, 9.17) is 5.73 Å². The van der Waals surface area contributed by atoms with Crippen LogP contribution in [0.2, 0.25) is 0 Å². The molecule has 1 amide bonds. The highest BCUT2D eigenvalue weighted by molar-refractivity contribution is 6.24. The van der Waals surface area contributed by atoms with Crippen molar-refractivity contribution in [1.29, 1.82) is 0 Å². The summed E-state index contributed by atoms with van der Waals surface area (Å²) in [6.45, 7) is 1.25. The van der Waals surface area contributed by atoms with E-state index >= 15 is 13.2 Å². The van der Waals surface area contributed by atoms with Gasteiger partial charge in [-0.25, -0.2) is 0 Å². The second-order valence-corrected chi connectivity index (χ2v) is 14.4. The van der Waals surface area contributed by atoms with Gasteiger partial charge in [0.05, 0.1) is 17.2 Å². The Kier molecular flexibility index (Phi) is 8.49. The van der Waals surface area contributed by atoms with Crippen molar-refractivity contribution in [3.8, 4) is 5.75 Å². The summed E-state index contributed by atoms with van der Waals surface area (Å²) in [4.78, 5) is 43.1. The van der Waals surface area contributed by atoms with E-state index in [2.05, 4.69) is 0 Å². The largest absolute Gasteiger partial charge is 0.510 e. The lowest BCUT2D eigenvalue weighted by atomic mass is 9.58. The third-order valence-corrected chi connectivity index (χ3v) is 10.9. The molecule has 4 atom stereocenters. The number of hydrogen-bond acceptors (Lipinski definition) is 9. The first kappa shape index (κ1) is 33.5. The van der Waals surface area contributed by atoms with Gasteiger partial charge in [-0.1, -0.05) is 19.3 Å². The lowest BCUT2D eigenvalue weighted by Gasteiger charge is -2.50. The molecule has 1 aromatic rings. The van der Waals surface area contributed by atoms with Crippen LogP contribution in [0, 0.1) is 23.7 Å². The van der Waals surface area contributed by atoms with Gasteiger partial charge in [-0.3, -0.25) is 24.2 Å². The molecule has 0 heterocycles. The minimum Gasteiger partial charge on any atom is -0.510 e. The first-order valence-corrected chi connectivity index (χ1v) is 16.4. The number of phenolic OH excluding ortho intramolecular Hbond substituents is 1. The van der Waals surface area contributed by atoms with Crippen LogP contribution in [0.3, 0.4) is 0 Å². The van der Waals surface area contributed by atoms with E-state index < -0.39 is 98.7 Å². The summed E-state index contributed by atoms with van der Waals surface area (Å²) in [5.74, 6) is -8.07. The van der Waals surface area contributed by atoms with Gasteiger partial charge >= 0.3 is 6.18 Å². The first-order chi connectivity index (χ1) is 22.0. The molecule has 0 spiro atoms. The molecule has 2 saturated carbocycles. The normalized spacial score (nSPS) is 28.6. The fraction of sp³-hybridized carbons (Fsp3) is 0.618. The summed E-state index contributed by atoms with van der Waals surface area (Å²) in [7, 11) is 2.97. The van der Waals surface area contributed by atoms with Crippen molar-refractivity contribution in [2.45, 2.75) is 82.2 Å². The number of alkyl halides is 3. The van der Waals surface area contributed by atoms with Crippen LogP contribution in [0.15, 0.2) is 28.7 Å². The number of fused-ring (bicyclic) bond motifs is 3. The fourth-order valence-electron chi connectivity index (χ4n) is 8.71. The van der Waals surface area contributed by atoms with Crippen molar-refractivity contribution in [3.05, 3.63) is 51.0 Å². The number of aromatic hydroxyl groups is 1. The number of aliphatic hydroxyl groups is 3. The second kappa shape index (κ2) is 11.9. The molecule has 10 nitrogen and oxygen atoms in total. The predicted octanol–water partition coefficient (Wildman–Crippen LogP) is 3.93. The van der Waals surface area contributed by atoms with E-state index in [9.17, 15) is 34.8 Å². The number of carbonyl (C=O) groups is 3. The maximum absolute atomic E-state index is 15.1. The number of benzene rings is 1. The summed E-state index contributed by atoms with van der Waals surface area (Å²) in [6, 6.07) is -0.253. The number of Topliss-reactive ketones (excluding diaryl/α,β-unsaturated/α-hetero) is 2. The van der Waals surface area contributed by atoms with Crippen molar-refractivity contribution in [1.82, 2.24) is 9.80 Å². The Balaban J connectivity index is 1.45. The Morgan fingerprint density at radius 2 is 1.64 bits per heavy atom. The highest BCUT2D eigenvalue weighted by Crippen LogP contribution is 2.54. The maximum atomic E-state index is 15.1. The average molecular weight is 662 g/mol. The molecule has 6 rings (SSSR count). The Hall–Kier alpha value is -3.42. The predicted molar refractivity (Wildman–Crippen MR) is 163 cm³/mol. The molecule has 1 aromatic carbocycles. The molecule has 0 saturated heterocycles. The van der Waals surface area contributed by atoms with Gasteiger partial charge in [0.1, 0.15) is 22.8 Å². The summed E-state index contributed by atoms with van der Waals surface area (Å²) in [5.41, 5.74) is -1.11. The van der Waals surface area contributed by atoms with Crippen LogP contribution in [-0.2, 0) is 28.7 Å². The van der Waals surface area contributed by atoms with Crippen molar-refractivity contribution < 1.29 is 48.0 Å². The minimum atomic E-state index is -4.88. The van der Waals surface area contributed by atoms with Crippen molar-refractivity contribution in [2.75, 3.05) is 27.2 Å². The van der Waals surface area contributed by atoms with E-state index in [1.54, 1.807) is 0 Å². The summed E-state index contributed by atoms with van der Waals surface area (Å²) in [5, 5.41) is 45.3. The van der Waals surface area contributed by atoms with Crippen LogP contribution in [-0.4, -0.2) is 86.5 Å². The number of likely N-dealkylation sites (N-methyl/N-ethyl adjacent to an activating group) is 1. The number of nitrogens with two attached hydrogens (primary N) is 1. The number of amides is 1. The zero-order chi connectivity index (χ0) is 34.2. The minimum absolute atomic E-state index is 0.0520. The second-order valence-electron chi connectivity index (χ2n) is 14.4. The number of nitrogens with zero attached hydrogens (tertiary/aromatic N) is 2. The standard InChI is InChI=1S/C34H42F3N3O7/c1-39(2)27-21-11-18-10-20-24(28(42)23(18)30(44)33(21,47)31(45)25(29(27)43)32(38)46)22(41)12-19(26(20)34(35,36)37)15-40(14-17-8-9-17)13-16-6-4-3-5-7-16/h12,16-18,21,27,41,43-44,47H,3-11,13-15H2,1-2H3,(H2,38,46)/t18-,21-,27-,33-/m0/s1. The highest BCUT2D eigenvalue weighted by atomic mass is 19.4. The molecular formula is C34H42F3N3O7. The van der Waals surface area contributed by atoms with Crippen LogP contribution in [0.25, 0.3) is 0 Å². The number of hydrogen-bond donors (Lipinski definition) is 5. The number of ketones is 2. The van der Waals surface area contributed by atoms with Gasteiger partial charge in [0.15, 0.2) is 11.4 Å².